The highest BCUT2D eigenvalue weighted by Gasteiger charge is 2.27. The number of piperidine rings is 1. The third-order valence-corrected chi connectivity index (χ3v) is 5.29. The number of likely N-dealkylation sites (tertiary alicyclic amines) is 1. The van der Waals surface area contributed by atoms with E-state index in [0.717, 1.165) is 45.1 Å². The average Bonchev–Trinajstić information content (AvgIpc) is 3.09. The smallest absolute Gasteiger partial charge is 0.340 e. The summed E-state index contributed by atoms with van der Waals surface area (Å²) < 4.78 is 0. The highest BCUT2D eigenvalue weighted by molar-refractivity contribution is 5.80. The van der Waals surface area contributed by atoms with Crippen molar-refractivity contribution >= 4 is 11.8 Å². The van der Waals surface area contributed by atoms with E-state index in [4.69, 9.17) is 0 Å². The first-order valence-corrected chi connectivity index (χ1v) is 9.33. The van der Waals surface area contributed by atoms with Gasteiger partial charge < -0.3 is 10.2 Å². The molecule has 0 spiro atoms. The van der Waals surface area contributed by atoms with Gasteiger partial charge in [-0.25, -0.2) is 9.89 Å². The largest absolute Gasteiger partial charge is 0.355 e. The monoisotopic (exact) mass is 349 g/mol. The molecule has 8 heteroatoms. The second-order valence-corrected chi connectivity index (χ2v) is 7.12. The summed E-state index contributed by atoms with van der Waals surface area (Å²) in [6, 6.07) is 0. The van der Waals surface area contributed by atoms with Gasteiger partial charge in [-0.3, -0.25) is 14.6 Å². The topological polar surface area (TPSA) is 111 Å². The Labute approximate surface area is 146 Å². The standard InChI is InChI=1S/C17H27N5O3/c23-14(8-9-18-16(24)12-5-2-1-3-6-12)22-10-4-7-13(11-22)15-19-17(25)21-20-15/h12-13H,1-11H2,(H,18,24)(H2,19,20,21,25). The average molecular weight is 349 g/mol. The van der Waals surface area contributed by atoms with Crippen LogP contribution in [-0.2, 0) is 9.59 Å². The zero-order valence-electron chi connectivity index (χ0n) is 14.6. The predicted octanol–water partition coefficient (Wildman–Crippen LogP) is 0.891. The number of hydrogen-bond donors (Lipinski definition) is 3. The van der Waals surface area contributed by atoms with Gasteiger partial charge in [0.15, 0.2) is 0 Å². The summed E-state index contributed by atoms with van der Waals surface area (Å²) in [5.74, 6) is 0.950. The summed E-state index contributed by atoms with van der Waals surface area (Å²) in [7, 11) is 0. The van der Waals surface area contributed by atoms with Crippen LogP contribution in [0.4, 0.5) is 0 Å². The van der Waals surface area contributed by atoms with Crippen molar-refractivity contribution in [1.29, 1.82) is 0 Å². The quantitative estimate of drug-likeness (QED) is 0.733. The molecule has 2 aliphatic rings. The molecular formula is C17H27N5O3. The second kappa shape index (κ2) is 8.31. The van der Waals surface area contributed by atoms with Crippen molar-refractivity contribution in [3.05, 3.63) is 16.3 Å². The molecule has 1 aliphatic carbocycles. The molecule has 1 saturated heterocycles. The van der Waals surface area contributed by atoms with Gasteiger partial charge in [0.05, 0.1) is 0 Å². The first-order chi connectivity index (χ1) is 12.1. The number of nitrogens with one attached hydrogen (secondary N) is 3. The van der Waals surface area contributed by atoms with Crippen LogP contribution in [0.5, 0.6) is 0 Å². The van der Waals surface area contributed by atoms with Crippen LogP contribution in [0.1, 0.15) is 63.1 Å². The normalized spacial score (nSPS) is 21.9. The van der Waals surface area contributed by atoms with Gasteiger partial charge in [0.25, 0.3) is 0 Å². The minimum absolute atomic E-state index is 0.0477. The molecular weight excluding hydrogens is 322 g/mol. The number of amides is 2. The Morgan fingerprint density at radius 3 is 2.68 bits per heavy atom. The summed E-state index contributed by atoms with van der Waals surface area (Å²) in [6.45, 7) is 1.69. The number of aromatic nitrogens is 3. The van der Waals surface area contributed by atoms with Crippen LogP contribution in [-0.4, -0.2) is 51.5 Å². The molecule has 1 aromatic rings. The van der Waals surface area contributed by atoms with Crippen LogP contribution < -0.4 is 11.0 Å². The number of H-pyrrole nitrogens is 2. The first kappa shape index (κ1) is 17.7. The zero-order chi connectivity index (χ0) is 17.6. The van der Waals surface area contributed by atoms with Crippen molar-refractivity contribution in [2.75, 3.05) is 19.6 Å². The van der Waals surface area contributed by atoms with Crippen LogP contribution in [0.15, 0.2) is 4.79 Å². The van der Waals surface area contributed by atoms with Crippen molar-refractivity contribution in [2.45, 2.75) is 57.3 Å². The van der Waals surface area contributed by atoms with Crippen LogP contribution in [0.2, 0.25) is 0 Å². The fourth-order valence-electron chi connectivity index (χ4n) is 3.86. The summed E-state index contributed by atoms with van der Waals surface area (Å²) in [5.41, 5.74) is -0.316. The van der Waals surface area contributed by atoms with Gasteiger partial charge >= 0.3 is 5.69 Å². The fraction of sp³-hybridized carbons (Fsp3) is 0.765. The lowest BCUT2D eigenvalue weighted by Crippen LogP contribution is -2.41. The van der Waals surface area contributed by atoms with Crippen LogP contribution in [0, 0.1) is 5.92 Å². The summed E-state index contributed by atoms with van der Waals surface area (Å²) in [5, 5.41) is 9.28. The van der Waals surface area contributed by atoms with E-state index in [2.05, 4.69) is 20.5 Å². The Hall–Kier alpha value is -2.12. The number of carbonyl (C=O) groups is 2. The molecule has 0 aromatic carbocycles. The maximum absolute atomic E-state index is 12.4. The number of rotatable bonds is 5. The van der Waals surface area contributed by atoms with E-state index in [0.29, 0.717) is 25.3 Å². The molecule has 8 nitrogen and oxygen atoms in total. The number of carbonyl (C=O) groups excluding carboxylic acids is 2. The van der Waals surface area contributed by atoms with E-state index in [1.165, 1.54) is 6.42 Å². The first-order valence-electron chi connectivity index (χ1n) is 9.33. The van der Waals surface area contributed by atoms with E-state index in [1.54, 1.807) is 0 Å². The molecule has 1 aliphatic heterocycles. The number of aromatic amines is 2. The molecule has 0 radical (unpaired) electrons. The van der Waals surface area contributed by atoms with Crippen molar-refractivity contribution in [3.63, 3.8) is 0 Å². The lowest BCUT2D eigenvalue weighted by Gasteiger charge is -2.31. The maximum Gasteiger partial charge on any atom is 0.340 e. The molecule has 1 saturated carbocycles. The molecule has 3 rings (SSSR count). The van der Waals surface area contributed by atoms with Crippen molar-refractivity contribution in [2.24, 2.45) is 5.92 Å². The molecule has 1 aromatic heterocycles. The number of hydrogen-bond acceptors (Lipinski definition) is 4. The maximum atomic E-state index is 12.4. The molecule has 1 unspecified atom stereocenters. The van der Waals surface area contributed by atoms with Gasteiger partial charge in [-0.1, -0.05) is 19.3 Å². The van der Waals surface area contributed by atoms with Crippen molar-refractivity contribution in [3.8, 4) is 0 Å². The van der Waals surface area contributed by atoms with Crippen molar-refractivity contribution < 1.29 is 9.59 Å². The minimum atomic E-state index is -0.316. The van der Waals surface area contributed by atoms with Gasteiger partial charge in [-0.05, 0) is 25.7 Å². The van der Waals surface area contributed by atoms with Gasteiger partial charge in [0.2, 0.25) is 11.8 Å². The predicted molar refractivity (Wildman–Crippen MR) is 92.0 cm³/mol. The molecule has 0 bridgehead atoms. The summed E-state index contributed by atoms with van der Waals surface area (Å²) in [4.78, 5) is 40.2. The molecule has 2 fully saturated rings. The minimum Gasteiger partial charge on any atom is -0.355 e. The molecule has 3 N–H and O–H groups in total. The molecule has 1 atom stereocenters. The Balaban J connectivity index is 1.43. The van der Waals surface area contributed by atoms with Gasteiger partial charge in [0.1, 0.15) is 5.82 Å². The van der Waals surface area contributed by atoms with Gasteiger partial charge in [0, 0.05) is 37.9 Å². The Kier molecular flexibility index (Phi) is 5.88. The lowest BCUT2D eigenvalue weighted by molar-refractivity contribution is -0.132. The summed E-state index contributed by atoms with van der Waals surface area (Å²) >= 11 is 0. The van der Waals surface area contributed by atoms with E-state index >= 15 is 0 Å². The van der Waals surface area contributed by atoms with E-state index in [9.17, 15) is 14.4 Å². The Morgan fingerprint density at radius 1 is 1.16 bits per heavy atom. The third-order valence-electron chi connectivity index (χ3n) is 5.29. The van der Waals surface area contributed by atoms with Crippen LogP contribution in [0.3, 0.4) is 0 Å². The second-order valence-electron chi connectivity index (χ2n) is 7.12. The number of nitrogens with zero attached hydrogens (tertiary/aromatic N) is 2. The Bertz CT molecular complexity index is 647. The van der Waals surface area contributed by atoms with Crippen LogP contribution in [0.25, 0.3) is 0 Å². The lowest BCUT2D eigenvalue weighted by atomic mass is 9.89. The fourth-order valence-corrected chi connectivity index (χ4v) is 3.86. The van der Waals surface area contributed by atoms with Gasteiger partial charge in [-0.2, -0.15) is 5.10 Å². The van der Waals surface area contributed by atoms with E-state index in [-0.39, 0.29) is 29.3 Å². The third kappa shape index (κ3) is 4.70. The zero-order valence-corrected chi connectivity index (χ0v) is 14.6. The van der Waals surface area contributed by atoms with E-state index in [1.807, 2.05) is 4.90 Å². The Morgan fingerprint density at radius 2 is 1.96 bits per heavy atom. The molecule has 2 amide bonds. The highest BCUT2D eigenvalue weighted by atomic mass is 16.2. The summed E-state index contributed by atoms with van der Waals surface area (Å²) in [6.07, 6.45) is 7.53. The van der Waals surface area contributed by atoms with E-state index < -0.39 is 0 Å². The van der Waals surface area contributed by atoms with Gasteiger partial charge in [-0.15, -0.1) is 0 Å². The molecule has 138 valence electrons. The van der Waals surface area contributed by atoms with Crippen LogP contribution >= 0.6 is 0 Å². The molecule has 25 heavy (non-hydrogen) atoms. The molecule has 2 heterocycles. The van der Waals surface area contributed by atoms with Crippen molar-refractivity contribution in [1.82, 2.24) is 25.4 Å². The highest BCUT2D eigenvalue weighted by Crippen LogP contribution is 2.24. The SMILES string of the molecule is O=C(NCCC(=O)N1CCCC(c2n[nH]c(=O)[nH]2)C1)C1CCCCC1.